The van der Waals surface area contributed by atoms with Gasteiger partial charge in [0.25, 0.3) is 0 Å². The van der Waals surface area contributed by atoms with Gasteiger partial charge in [-0.1, -0.05) is 56.5 Å². The molecule has 2 aromatic rings. The molecule has 162 valence electrons. The molecule has 3 rings (SSSR count). The Morgan fingerprint density at radius 1 is 1.00 bits per heavy atom. The molecule has 2 aromatic carbocycles. The van der Waals surface area contributed by atoms with Crippen molar-refractivity contribution in [1.82, 2.24) is 4.90 Å². The summed E-state index contributed by atoms with van der Waals surface area (Å²) in [6, 6.07) is 15.1. The van der Waals surface area contributed by atoms with E-state index in [0.29, 0.717) is 23.8 Å². The fraction of sp³-hybridized carbons (Fsp3) is 0.458. The summed E-state index contributed by atoms with van der Waals surface area (Å²) in [4.78, 5) is 14.9. The van der Waals surface area contributed by atoms with Crippen molar-refractivity contribution in [2.45, 2.75) is 39.2 Å². The lowest BCUT2D eigenvalue weighted by atomic mass is 10.2. The molecular weight excluding hydrogens is 380 g/mol. The van der Waals surface area contributed by atoms with Crippen molar-refractivity contribution in [3.8, 4) is 11.5 Å². The monoisotopic (exact) mass is 412 g/mol. The molecule has 0 aromatic heterocycles. The number of rotatable bonds is 10. The summed E-state index contributed by atoms with van der Waals surface area (Å²) in [6.45, 7) is 6.77. The van der Waals surface area contributed by atoms with Gasteiger partial charge in [-0.15, -0.1) is 0 Å². The fourth-order valence-corrected chi connectivity index (χ4v) is 3.38. The average molecular weight is 413 g/mol. The van der Waals surface area contributed by atoms with Crippen molar-refractivity contribution in [3.63, 3.8) is 0 Å². The fourth-order valence-electron chi connectivity index (χ4n) is 3.38. The molecule has 0 aliphatic carbocycles. The van der Waals surface area contributed by atoms with Crippen LogP contribution in [0.15, 0.2) is 48.5 Å². The van der Waals surface area contributed by atoms with Crippen LogP contribution < -0.4 is 14.8 Å². The molecule has 30 heavy (non-hydrogen) atoms. The van der Waals surface area contributed by atoms with Gasteiger partial charge in [0.2, 0.25) is 0 Å². The van der Waals surface area contributed by atoms with Crippen LogP contribution in [0.5, 0.6) is 11.5 Å². The maximum Gasteiger partial charge on any atom is 0.417 e. The van der Waals surface area contributed by atoms with Crippen molar-refractivity contribution >= 4 is 11.8 Å². The molecule has 1 fully saturated rings. The predicted molar refractivity (Wildman–Crippen MR) is 118 cm³/mol. The van der Waals surface area contributed by atoms with Crippen LogP contribution in [-0.2, 0) is 11.3 Å². The van der Waals surface area contributed by atoms with Crippen LogP contribution in [0.2, 0.25) is 0 Å². The number of carbonyl (C=O) groups is 1. The molecule has 6 nitrogen and oxygen atoms in total. The van der Waals surface area contributed by atoms with Gasteiger partial charge in [0.05, 0.1) is 25.5 Å². The highest BCUT2D eigenvalue weighted by Gasteiger charge is 2.16. The molecule has 0 bridgehead atoms. The molecule has 0 radical (unpaired) electrons. The molecular formula is C24H32N2O4. The van der Waals surface area contributed by atoms with Crippen LogP contribution >= 0.6 is 0 Å². The lowest BCUT2D eigenvalue weighted by molar-refractivity contribution is 0.0339. The van der Waals surface area contributed by atoms with Crippen molar-refractivity contribution in [2.24, 2.45) is 0 Å². The summed E-state index contributed by atoms with van der Waals surface area (Å²) in [5.41, 5.74) is 1.60. The molecule has 1 N–H and O–H groups in total. The van der Waals surface area contributed by atoms with E-state index < -0.39 is 6.09 Å². The molecule has 0 saturated carbocycles. The Bertz CT molecular complexity index is 790. The maximum absolute atomic E-state index is 12.6. The quantitative estimate of drug-likeness (QED) is 0.551. The first-order chi connectivity index (χ1) is 14.8. The Kier molecular flexibility index (Phi) is 9.00. The van der Waals surface area contributed by atoms with E-state index in [-0.39, 0.29) is 0 Å². The van der Waals surface area contributed by atoms with Gasteiger partial charge < -0.3 is 14.2 Å². The van der Waals surface area contributed by atoms with E-state index in [0.717, 1.165) is 51.3 Å². The number of amides is 1. The number of hydrogen-bond acceptors (Lipinski definition) is 5. The van der Waals surface area contributed by atoms with Crippen LogP contribution in [0.25, 0.3) is 0 Å². The molecule has 1 saturated heterocycles. The second-order valence-electron chi connectivity index (χ2n) is 7.42. The van der Waals surface area contributed by atoms with Gasteiger partial charge in [-0.2, -0.15) is 0 Å². The lowest BCUT2D eigenvalue weighted by Gasteiger charge is -2.27. The first-order valence-electron chi connectivity index (χ1n) is 10.8. The standard InChI is InChI=1S/C24H32N2O4/c1-2-3-4-9-16-29-23-13-8-6-11-21(23)25-24(27)30-22-12-7-5-10-20(22)19-26-14-17-28-18-15-26/h5-8,10-13H,2-4,9,14-19H2,1H3,(H,25,27). The number of unbranched alkanes of at least 4 members (excludes halogenated alkanes) is 3. The largest absolute Gasteiger partial charge is 0.491 e. The highest BCUT2D eigenvalue weighted by Crippen LogP contribution is 2.26. The zero-order valence-electron chi connectivity index (χ0n) is 17.8. The summed E-state index contributed by atoms with van der Waals surface area (Å²) >= 11 is 0. The van der Waals surface area contributed by atoms with E-state index in [9.17, 15) is 4.79 Å². The van der Waals surface area contributed by atoms with Gasteiger partial charge in [0, 0.05) is 25.2 Å². The number of para-hydroxylation sites is 3. The number of nitrogens with one attached hydrogen (secondary N) is 1. The van der Waals surface area contributed by atoms with Crippen LogP contribution in [-0.4, -0.2) is 43.9 Å². The Labute approximate surface area is 179 Å². The highest BCUT2D eigenvalue weighted by molar-refractivity contribution is 5.88. The first kappa shape index (κ1) is 22.1. The van der Waals surface area contributed by atoms with Gasteiger partial charge in [-0.25, -0.2) is 4.79 Å². The topological polar surface area (TPSA) is 60.0 Å². The van der Waals surface area contributed by atoms with E-state index >= 15 is 0 Å². The molecule has 1 amide bonds. The van der Waals surface area contributed by atoms with E-state index in [1.165, 1.54) is 12.8 Å². The first-order valence-corrected chi connectivity index (χ1v) is 10.8. The summed E-state index contributed by atoms with van der Waals surface area (Å²) in [5, 5.41) is 2.82. The number of nitrogens with zero attached hydrogens (tertiary/aromatic N) is 1. The van der Waals surface area contributed by atoms with E-state index in [1.807, 2.05) is 48.5 Å². The molecule has 1 aliphatic heterocycles. The number of morpholine rings is 1. The SMILES string of the molecule is CCCCCCOc1ccccc1NC(=O)Oc1ccccc1CN1CCOCC1. The average Bonchev–Trinajstić information content (AvgIpc) is 2.77. The normalized spacial score (nSPS) is 14.3. The minimum Gasteiger partial charge on any atom is -0.491 e. The second-order valence-corrected chi connectivity index (χ2v) is 7.42. The summed E-state index contributed by atoms with van der Waals surface area (Å²) in [5.74, 6) is 1.23. The van der Waals surface area contributed by atoms with Crippen LogP contribution in [0.4, 0.5) is 10.5 Å². The van der Waals surface area contributed by atoms with Gasteiger partial charge in [0.1, 0.15) is 11.5 Å². The number of anilines is 1. The van der Waals surface area contributed by atoms with Crippen molar-refractivity contribution in [2.75, 3.05) is 38.2 Å². The Hall–Kier alpha value is -2.57. The molecule has 1 heterocycles. The predicted octanol–water partition coefficient (Wildman–Crippen LogP) is 5.09. The van der Waals surface area contributed by atoms with Gasteiger partial charge >= 0.3 is 6.09 Å². The minimum absolute atomic E-state index is 0.522. The van der Waals surface area contributed by atoms with Crippen molar-refractivity contribution in [1.29, 1.82) is 0 Å². The molecule has 1 aliphatic rings. The van der Waals surface area contributed by atoms with Gasteiger partial charge in [-0.3, -0.25) is 10.2 Å². The van der Waals surface area contributed by atoms with E-state index in [4.69, 9.17) is 14.2 Å². The zero-order chi connectivity index (χ0) is 21.0. The Morgan fingerprint density at radius 2 is 1.73 bits per heavy atom. The maximum atomic E-state index is 12.6. The summed E-state index contributed by atoms with van der Waals surface area (Å²) < 4.78 is 16.9. The van der Waals surface area contributed by atoms with E-state index in [1.54, 1.807) is 0 Å². The second kappa shape index (κ2) is 12.2. The molecule has 0 unspecified atom stereocenters. The van der Waals surface area contributed by atoms with Crippen molar-refractivity contribution < 1.29 is 19.0 Å². The van der Waals surface area contributed by atoms with Gasteiger partial charge in [0.15, 0.2) is 0 Å². The molecule has 0 atom stereocenters. The Balaban J connectivity index is 1.57. The van der Waals surface area contributed by atoms with E-state index in [2.05, 4.69) is 17.1 Å². The van der Waals surface area contributed by atoms with Crippen LogP contribution in [0, 0.1) is 0 Å². The van der Waals surface area contributed by atoms with Gasteiger partial charge in [-0.05, 0) is 24.6 Å². The summed E-state index contributed by atoms with van der Waals surface area (Å²) in [7, 11) is 0. The minimum atomic E-state index is -0.522. The van der Waals surface area contributed by atoms with Crippen LogP contribution in [0.1, 0.15) is 38.2 Å². The third-order valence-corrected chi connectivity index (χ3v) is 5.05. The highest BCUT2D eigenvalue weighted by atomic mass is 16.6. The molecule has 6 heteroatoms. The number of hydrogen-bond donors (Lipinski definition) is 1. The third-order valence-electron chi connectivity index (χ3n) is 5.05. The van der Waals surface area contributed by atoms with Crippen LogP contribution in [0.3, 0.4) is 0 Å². The summed E-state index contributed by atoms with van der Waals surface area (Å²) in [6.07, 6.45) is 4.03. The van der Waals surface area contributed by atoms with Crippen molar-refractivity contribution in [3.05, 3.63) is 54.1 Å². The number of carbonyl (C=O) groups excluding carboxylic acids is 1. The smallest absolute Gasteiger partial charge is 0.417 e. The number of benzene rings is 2. The zero-order valence-corrected chi connectivity index (χ0v) is 17.8. The lowest BCUT2D eigenvalue weighted by Crippen LogP contribution is -2.35. The Morgan fingerprint density at radius 3 is 2.53 bits per heavy atom. The third kappa shape index (κ3) is 7.04. The number of ether oxygens (including phenoxy) is 3. The molecule has 0 spiro atoms.